The third-order valence-electron chi connectivity index (χ3n) is 6.46. The Bertz CT molecular complexity index is 1410. The first kappa shape index (κ1) is 20.4. The van der Waals surface area contributed by atoms with Crippen LogP contribution in [0, 0.1) is 0 Å². The van der Waals surface area contributed by atoms with E-state index in [1.165, 1.54) is 22.1 Å². The SMILES string of the molecule is C(=C1CCCc2cc3ccccc3[o+]c21)c1ccc(N(c2ccccc2)c2ccccc2)cc1. The van der Waals surface area contributed by atoms with Crippen LogP contribution in [-0.4, -0.2) is 0 Å². The van der Waals surface area contributed by atoms with Crippen molar-refractivity contribution < 1.29 is 4.42 Å². The molecule has 0 unspecified atom stereocenters. The molecule has 0 N–H and O–H groups in total. The van der Waals surface area contributed by atoms with Crippen molar-refractivity contribution in [2.75, 3.05) is 4.90 Å². The van der Waals surface area contributed by atoms with E-state index in [-0.39, 0.29) is 0 Å². The highest BCUT2D eigenvalue weighted by atomic mass is 16.3. The molecule has 2 heteroatoms. The Morgan fingerprint density at radius 2 is 1.24 bits per heavy atom. The van der Waals surface area contributed by atoms with Crippen molar-refractivity contribution >= 4 is 39.7 Å². The summed E-state index contributed by atoms with van der Waals surface area (Å²) in [4.78, 5) is 2.29. The summed E-state index contributed by atoms with van der Waals surface area (Å²) in [5.74, 6) is 1.05. The fraction of sp³-hybridized carbons (Fsp3) is 0.0938. The zero-order valence-electron chi connectivity index (χ0n) is 19.0. The first-order valence-corrected chi connectivity index (χ1v) is 11.9. The minimum atomic E-state index is 0.950. The summed E-state index contributed by atoms with van der Waals surface area (Å²) in [5.41, 5.74) is 8.16. The van der Waals surface area contributed by atoms with Crippen LogP contribution in [-0.2, 0) is 6.42 Å². The van der Waals surface area contributed by atoms with Crippen LogP contribution in [0.2, 0.25) is 0 Å². The van der Waals surface area contributed by atoms with Gasteiger partial charge in [-0.15, -0.1) is 0 Å². The number of hydrogen-bond donors (Lipinski definition) is 0. The molecular weight excluding hydrogens is 414 g/mol. The topological polar surface area (TPSA) is 14.5 Å². The monoisotopic (exact) mass is 440 g/mol. The van der Waals surface area contributed by atoms with Crippen LogP contribution in [0.15, 0.2) is 120 Å². The molecule has 0 bridgehead atoms. The number of nitrogens with zero attached hydrogens (tertiary/aromatic N) is 1. The predicted octanol–water partition coefficient (Wildman–Crippen LogP) is 9.06. The number of fused-ring (bicyclic) bond motifs is 2. The normalized spacial score (nSPS) is 14.2. The Hall–Kier alpha value is -4.17. The van der Waals surface area contributed by atoms with Crippen LogP contribution in [0.3, 0.4) is 0 Å². The molecule has 0 saturated heterocycles. The van der Waals surface area contributed by atoms with Gasteiger partial charge in [0.25, 0.3) is 0 Å². The van der Waals surface area contributed by atoms with Crippen molar-refractivity contribution in [3.05, 3.63) is 132 Å². The average Bonchev–Trinajstić information content (AvgIpc) is 2.90. The lowest BCUT2D eigenvalue weighted by molar-refractivity contribution is 0.561. The third-order valence-corrected chi connectivity index (χ3v) is 6.46. The molecule has 1 aliphatic carbocycles. The summed E-state index contributed by atoms with van der Waals surface area (Å²) in [6, 6.07) is 40.4. The van der Waals surface area contributed by atoms with E-state index in [9.17, 15) is 0 Å². The largest absolute Gasteiger partial charge is 0.360 e. The maximum absolute atomic E-state index is 6.37. The number of allylic oxidation sites excluding steroid dienone is 1. The Balaban J connectivity index is 1.36. The highest BCUT2D eigenvalue weighted by Crippen LogP contribution is 2.37. The van der Waals surface area contributed by atoms with Gasteiger partial charge in [-0.2, -0.15) is 0 Å². The molecule has 2 nitrogen and oxygen atoms in total. The van der Waals surface area contributed by atoms with Crippen LogP contribution in [0.4, 0.5) is 17.1 Å². The molecule has 34 heavy (non-hydrogen) atoms. The van der Waals surface area contributed by atoms with Crippen LogP contribution in [0.25, 0.3) is 22.6 Å². The Kier molecular flexibility index (Phi) is 5.41. The Morgan fingerprint density at radius 3 is 1.94 bits per heavy atom. The molecule has 4 aromatic carbocycles. The molecule has 1 aromatic heterocycles. The van der Waals surface area contributed by atoms with Gasteiger partial charge >= 0.3 is 11.3 Å². The first-order valence-electron chi connectivity index (χ1n) is 11.9. The number of hydrogen-bond acceptors (Lipinski definition) is 1. The van der Waals surface area contributed by atoms with E-state index in [4.69, 9.17) is 4.42 Å². The Morgan fingerprint density at radius 1 is 0.618 bits per heavy atom. The molecule has 0 spiro atoms. The van der Waals surface area contributed by atoms with Gasteiger partial charge in [-0.3, -0.25) is 0 Å². The van der Waals surface area contributed by atoms with Crippen molar-refractivity contribution in [1.29, 1.82) is 0 Å². The maximum Gasteiger partial charge on any atom is 0.360 e. The fourth-order valence-corrected chi connectivity index (χ4v) is 4.82. The van der Waals surface area contributed by atoms with Gasteiger partial charge in [-0.05, 0) is 79.4 Å². The van der Waals surface area contributed by atoms with Gasteiger partial charge in [0.05, 0.1) is 16.5 Å². The molecule has 1 aliphatic rings. The van der Waals surface area contributed by atoms with Gasteiger partial charge < -0.3 is 4.90 Å². The minimum absolute atomic E-state index is 0.950. The third kappa shape index (κ3) is 3.99. The van der Waals surface area contributed by atoms with E-state index in [1.54, 1.807) is 0 Å². The number of aryl methyl sites for hydroxylation is 1. The molecule has 6 rings (SSSR count). The summed E-state index contributed by atoms with van der Waals surface area (Å²) in [6.45, 7) is 0. The van der Waals surface area contributed by atoms with Gasteiger partial charge in [-0.25, -0.2) is 4.42 Å². The van der Waals surface area contributed by atoms with Gasteiger partial charge in [-0.1, -0.05) is 60.7 Å². The van der Waals surface area contributed by atoms with Gasteiger partial charge in [0, 0.05) is 23.1 Å². The van der Waals surface area contributed by atoms with E-state index in [0.717, 1.165) is 47.7 Å². The van der Waals surface area contributed by atoms with Crippen molar-refractivity contribution in [2.24, 2.45) is 0 Å². The van der Waals surface area contributed by atoms with Crippen LogP contribution >= 0.6 is 0 Å². The zero-order chi connectivity index (χ0) is 22.7. The molecule has 0 amide bonds. The summed E-state index contributed by atoms with van der Waals surface area (Å²) >= 11 is 0. The van der Waals surface area contributed by atoms with Crippen LogP contribution in [0.1, 0.15) is 29.7 Å². The standard InChI is InChI=1S/C32H26NO/c1-3-13-28(14-4-1)33(29-15-5-2-6-16-29)30-20-18-24(19-21-30)22-26-11-9-12-27-23-25-10-7-8-17-31(25)34-32(26)27/h1-8,10,13-23H,9,11-12H2/q+1. The van der Waals surface area contributed by atoms with E-state index in [2.05, 4.69) is 120 Å². The summed E-state index contributed by atoms with van der Waals surface area (Å²) < 4.78 is 6.37. The van der Waals surface area contributed by atoms with Gasteiger partial charge in [0.2, 0.25) is 0 Å². The second-order valence-electron chi connectivity index (χ2n) is 8.76. The number of anilines is 3. The van der Waals surface area contributed by atoms with Crippen LogP contribution in [0.5, 0.6) is 0 Å². The average molecular weight is 441 g/mol. The molecule has 0 atom stereocenters. The summed E-state index contributed by atoms with van der Waals surface area (Å²) in [7, 11) is 0. The van der Waals surface area contributed by atoms with Gasteiger partial charge in [0.15, 0.2) is 0 Å². The number of benzene rings is 4. The number of rotatable bonds is 4. The Labute approximate surface area is 200 Å². The minimum Gasteiger partial charge on any atom is -0.311 e. The van der Waals surface area contributed by atoms with Gasteiger partial charge in [0.1, 0.15) is 0 Å². The van der Waals surface area contributed by atoms with Crippen molar-refractivity contribution in [3.63, 3.8) is 0 Å². The fourth-order valence-electron chi connectivity index (χ4n) is 4.82. The quantitative estimate of drug-likeness (QED) is 0.259. The lowest BCUT2D eigenvalue weighted by Crippen LogP contribution is -2.09. The first-order chi connectivity index (χ1) is 16.8. The molecular formula is C32H26NO+. The summed E-state index contributed by atoms with van der Waals surface area (Å²) in [6.07, 6.45) is 5.55. The lowest BCUT2D eigenvalue weighted by Gasteiger charge is -2.25. The van der Waals surface area contributed by atoms with Crippen LogP contribution < -0.4 is 4.90 Å². The van der Waals surface area contributed by atoms with Crippen molar-refractivity contribution in [2.45, 2.75) is 19.3 Å². The van der Waals surface area contributed by atoms with E-state index in [1.807, 2.05) is 6.07 Å². The molecule has 1 heterocycles. The lowest BCUT2D eigenvalue weighted by atomic mass is 9.90. The zero-order valence-corrected chi connectivity index (χ0v) is 19.0. The molecule has 0 saturated carbocycles. The highest BCUT2D eigenvalue weighted by Gasteiger charge is 2.27. The van der Waals surface area contributed by atoms with E-state index in [0.29, 0.717) is 0 Å². The maximum atomic E-state index is 6.37. The van der Waals surface area contributed by atoms with E-state index >= 15 is 0 Å². The molecule has 164 valence electrons. The van der Waals surface area contributed by atoms with E-state index < -0.39 is 0 Å². The summed E-state index contributed by atoms with van der Waals surface area (Å²) in [5, 5.41) is 1.17. The molecule has 0 radical (unpaired) electrons. The van der Waals surface area contributed by atoms with Crippen molar-refractivity contribution in [1.82, 2.24) is 0 Å². The highest BCUT2D eigenvalue weighted by molar-refractivity contribution is 5.86. The van der Waals surface area contributed by atoms with Crippen molar-refractivity contribution in [3.8, 4) is 0 Å². The molecule has 5 aromatic rings. The smallest absolute Gasteiger partial charge is 0.311 e. The second kappa shape index (κ2) is 8.99. The predicted molar refractivity (Wildman–Crippen MR) is 143 cm³/mol. The second-order valence-corrected chi connectivity index (χ2v) is 8.76. The number of para-hydroxylation sites is 3. The molecule has 0 fully saturated rings. The molecule has 0 aliphatic heterocycles.